The third-order valence-electron chi connectivity index (χ3n) is 4.36. The monoisotopic (exact) mass is 292 g/mol. The van der Waals surface area contributed by atoms with E-state index in [9.17, 15) is 4.79 Å². The molecule has 0 bridgehead atoms. The molecule has 1 saturated carbocycles. The summed E-state index contributed by atoms with van der Waals surface area (Å²) in [7, 11) is 0. The molecule has 4 heteroatoms. The Balaban J connectivity index is 1.89. The summed E-state index contributed by atoms with van der Waals surface area (Å²) in [5, 5.41) is 4.22. The van der Waals surface area contributed by atoms with Crippen molar-refractivity contribution in [1.82, 2.24) is 10.2 Å². The van der Waals surface area contributed by atoms with Gasteiger partial charge in [0.15, 0.2) is 0 Å². The summed E-state index contributed by atoms with van der Waals surface area (Å²) in [6, 6.07) is 8.17. The molecule has 4 unspecified atom stereocenters. The number of nitrogens with zero attached hydrogens (tertiary/aromatic N) is 1. The molecule has 0 aromatic heterocycles. The van der Waals surface area contributed by atoms with Crippen LogP contribution in [0.4, 0.5) is 0 Å². The molecule has 1 aliphatic carbocycles. The highest BCUT2D eigenvalue weighted by Crippen LogP contribution is 2.42. The summed E-state index contributed by atoms with van der Waals surface area (Å²) in [5.74, 6) is 0.869. The first kappa shape index (κ1) is 13.9. The van der Waals surface area contributed by atoms with Gasteiger partial charge in [0.2, 0.25) is 5.91 Å². The summed E-state index contributed by atoms with van der Waals surface area (Å²) in [6.07, 6.45) is 3.00. The Kier molecular flexibility index (Phi) is 3.74. The quantitative estimate of drug-likeness (QED) is 0.923. The largest absolute Gasteiger partial charge is 0.318 e. The van der Waals surface area contributed by atoms with E-state index in [1.165, 1.54) is 0 Å². The van der Waals surface area contributed by atoms with Crippen molar-refractivity contribution < 1.29 is 4.79 Å². The highest BCUT2D eigenvalue weighted by atomic mass is 35.5. The molecular formula is C16H21ClN2O. The van der Waals surface area contributed by atoms with Gasteiger partial charge in [0.25, 0.3) is 0 Å². The summed E-state index contributed by atoms with van der Waals surface area (Å²) in [6.45, 7) is 4.33. The summed E-state index contributed by atoms with van der Waals surface area (Å²) in [4.78, 5) is 14.7. The molecule has 3 nitrogen and oxygen atoms in total. The van der Waals surface area contributed by atoms with Crippen LogP contribution >= 0.6 is 11.6 Å². The second-order valence-electron chi connectivity index (χ2n) is 5.99. The zero-order chi connectivity index (χ0) is 14.3. The molecule has 1 amide bonds. The highest BCUT2D eigenvalue weighted by molar-refractivity contribution is 6.30. The van der Waals surface area contributed by atoms with E-state index in [0.717, 1.165) is 29.8 Å². The van der Waals surface area contributed by atoms with Gasteiger partial charge in [0.1, 0.15) is 6.17 Å². The average Bonchev–Trinajstić information content (AvgIpc) is 3.04. The maximum atomic E-state index is 12.6. The molecular weight excluding hydrogens is 272 g/mol. The maximum absolute atomic E-state index is 12.6. The van der Waals surface area contributed by atoms with E-state index in [0.29, 0.717) is 12.0 Å². The van der Waals surface area contributed by atoms with Gasteiger partial charge in [-0.05, 0) is 36.5 Å². The fraction of sp³-hybridized carbons (Fsp3) is 0.562. The first-order valence-corrected chi connectivity index (χ1v) is 7.83. The molecule has 1 aromatic carbocycles. The number of benzene rings is 1. The molecule has 1 aliphatic heterocycles. The lowest BCUT2D eigenvalue weighted by atomic mass is 10.1. The zero-order valence-electron chi connectivity index (χ0n) is 12.0. The smallest absolute Gasteiger partial charge is 0.241 e. The summed E-state index contributed by atoms with van der Waals surface area (Å²) in [5.41, 5.74) is 1.09. The lowest BCUT2D eigenvalue weighted by Crippen LogP contribution is -2.33. The van der Waals surface area contributed by atoms with E-state index in [2.05, 4.69) is 24.1 Å². The highest BCUT2D eigenvalue weighted by Gasteiger charge is 2.49. The molecule has 1 heterocycles. The predicted octanol–water partition coefficient (Wildman–Crippen LogP) is 3.35. The second kappa shape index (κ2) is 5.38. The van der Waals surface area contributed by atoms with Gasteiger partial charge in [-0.3, -0.25) is 10.1 Å². The van der Waals surface area contributed by atoms with Crippen LogP contribution in [0.15, 0.2) is 24.3 Å². The number of hydrogen-bond acceptors (Lipinski definition) is 2. The minimum Gasteiger partial charge on any atom is -0.318 e. The Morgan fingerprint density at radius 2 is 2.20 bits per heavy atom. The number of halogens is 1. The van der Waals surface area contributed by atoms with Crippen molar-refractivity contribution in [3.63, 3.8) is 0 Å². The summed E-state index contributed by atoms with van der Waals surface area (Å²) < 4.78 is 0. The number of hydrogen-bond donors (Lipinski definition) is 1. The van der Waals surface area contributed by atoms with Crippen LogP contribution in [0.1, 0.15) is 44.8 Å². The van der Waals surface area contributed by atoms with Crippen molar-refractivity contribution in [3.05, 3.63) is 34.9 Å². The van der Waals surface area contributed by atoms with Crippen molar-refractivity contribution in [3.8, 4) is 0 Å². The van der Waals surface area contributed by atoms with E-state index >= 15 is 0 Å². The average molecular weight is 293 g/mol. The molecule has 1 saturated heterocycles. The normalized spacial score (nSPS) is 32.8. The van der Waals surface area contributed by atoms with Gasteiger partial charge >= 0.3 is 0 Å². The van der Waals surface area contributed by atoms with Crippen LogP contribution in [0, 0.1) is 5.92 Å². The number of carbonyl (C=O) groups is 1. The maximum Gasteiger partial charge on any atom is 0.241 e. The van der Waals surface area contributed by atoms with Crippen LogP contribution < -0.4 is 5.32 Å². The molecule has 108 valence electrons. The van der Waals surface area contributed by atoms with Gasteiger partial charge in [-0.1, -0.05) is 44.0 Å². The molecule has 3 rings (SSSR count). The molecule has 4 atom stereocenters. The van der Waals surface area contributed by atoms with Crippen molar-refractivity contribution in [1.29, 1.82) is 0 Å². The standard InChI is InChI=1S/C16H21ClN2O/c1-3-5-13-16(20)19(14-8-10(14)2)15(18-13)11-6-4-7-12(17)9-11/h4,6-7,9-10,13-15,18H,3,5,8H2,1-2H3. The van der Waals surface area contributed by atoms with E-state index in [-0.39, 0.29) is 18.1 Å². The van der Waals surface area contributed by atoms with Crippen molar-refractivity contribution >= 4 is 17.5 Å². The first-order chi connectivity index (χ1) is 9.61. The fourth-order valence-corrected chi connectivity index (χ4v) is 3.32. The molecule has 0 spiro atoms. The van der Waals surface area contributed by atoms with Gasteiger partial charge < -0.3 is 4.90 Å². The lowest BCUT2D eigenvalue weighted by Gasteiger charge is -2.25. The lowest BCUT2D eigenvalue weighted by molar-refractivity contribution is -0.131. The topological polar surface area (TPSA) is 32.3 Å². The Hall–Kier alpha value is -1.06. The third-order valence-corrected chi connectivity index (χ3v) is 4.59. The Morgan fingerprint density at radius 1 is 1.45 bits per heavy atom. The third kappa shape index (κ3) is 2.45. The molecule has 0 radical (unpaired) electrons. The molecule has 1 N–H and O–H groups in total. The van der Waals surface area contributed by atoms with Crippen LogP contribution in [0.25, 0.3) is 0 Å². The SMILES string of the molecule is CCCC1NC(c2cccc(Cl)c2)N(C2CC2C)C1=O. The molecule has 1 aromatic rings. The van der Waals surface area contributed by atoms with Crippen LogP contribution in [0.3, 0.4) is 0 Å². The summed E-state index contributed by atoms with van der Waals surface area (Å²) >= 11 is 6.10. The first-order valence-electron chi connectivity index (χ1n) is 7.45. The van der Waals surface area contributed by atoms with Gasteiger partial charge in [-0.15, -0.1) is 0 Å². The van der Waals surface area contributed by atoms with Crippen LogP contribution in [-0.2, 0) is 4.79 Å². The Bertz CT molecular complexity index is 519. The van der Waals surface area contributed by atoms with Gasteiger partial charge in [0.05, 0.1) is 6.04 Å². The van der Waals surface area contributed by atoms with Crippen molar-refractivity contribution in [2.75, 3.05) is 0 Å². The van der Waals surface area contributed by atoms with E-state index in [4.69, 9.17) is 11.6 Å². The second-order valence-corrected chi connectivity index (χ2v) is 6.43. The predicted molar refractivity (Wildman–Crippen MR) is 80.4 cm³/mol. The van der Waals surface area contributed by atoms with Gasteiger partial charge in [-0.25, -0.2) is 0 Å². The van der Waals surface area contributed by atoms with E-state index in [1.807, 2.05) is 24.3 Å². The molecule has 20 heavy (non-hydrogen) atoms. The van der Waals surface area contributed by atoms with Gasteiger partial charge in [0, 0.05) is 11.1 Å². The van der Waals surface area contributed by atoms with E-state index in [1.54, 1.807) is 0 Å². The number of amides is 1. The number of nitrogens with one attached hydrogen (secondary N) is 1. The molecule has 2 fully saturated rings. The zero-order valence-corrected chi connectivity index (χ0v) is 12.7. The van der Waals surface area contributed by atoms with Crippen molar-refractivity contribution in [2.45, 2.75) is 51.4 Å². The number of rotatable bonds is 4. The molecule has 2 aliphatic rings. The van der Waals surface area contributed by atoms with Crippen molar-refractivity contribution in [2.24, 2.45) is 5.92 Å². The Morgan fingerprint density at radius 3 is 2.80 bits per heavy atom. The van der Waals surface area contributed by atoms with Crippen LogP contribution in [0.2, 0.25) is 5.02 Å². The minimum atomic E-state index is -0.0446. The minimum absolute atomic E-state index is 0.0206. The number of carbonyl (C=O) groups excluding carboxylic acids is 1. The van der Waals surface area contributed by atoms with E-state index < -0.39 is 0 Å². The Labute approximate surface area is 125 Å². The van der Waals surface area contributed by atoms with Crippen LogP contribution in [0.5, 0.6) is 0 Å². The van der Waals surface area contributed by atoms with Gasteiger partial charge in [-0.2, -0.15) is 0 Å². The fourth-order valence-electron chi connectivity index (χ4n) is 3.12. The van der Waals surface area contributed by atoms with Crippen LogP contribution in [-0.4, -0.2) is 22.9 Å².